The molecule has 0 fully saturated rings. The topological polar surface area (TPSA) is 151 Å². The van der Waals surface area contributed by atoms with Crippen LogP contribution in [0.2, 0.25) is 0 Å². The molecule has 43 heavy (non-hydrogen) atoms. The molecule has 214 valence electrons. The van der Waals surface area contributed by atoms with Crippen LogP contribution in [-0.4, -0.2) is 40.1 Å². The number of anilines is 2. The number of nitrogen functional groups attached to an aromatic ring is 2. The molecule has 0 radical (unpaired) electrons. The molecule has 10 heteroatoms. The van der Waals surface area contributed by atoms with Crippen LogP contribution in [0.3, 0.4) is 0 Å². The molecule has 3 heterocycles. The SMILES string of the molecule is C#Cc1c(C(=O)NC(c2ccccn2)c2ccccn2)cccc1-c1cc(Cc2cnc(N)nc2N)cc(OC)c1OC. The fourth-order valence-electron chi connectivity index (χ4n) is 4.84. The van der Waals surface area contributed by atoms with Crippen LogP contribution in [0.1, 0.15) is 44.5 Å². The lowest BCUT2D eigenvalue weighted by molar-refractivity contribution is 0.0941. The van der Waals surface area contributed by atoms with E-state index in [0.717, 1.165) is 5.56 Å². The van der Waals surface area contributed by atoms with Crippen LogP contribution in [0, 0.1) is 12.3 Å². The Morgan fingerprint density at radius 3 is 2.23 bits per heavy atom. The number of methoxy groups -OCH3 is 2. The third-order valence-corrected chi connectivity index (χ3v) is 6.84. The van der Waals surface area contributed by atoms with Gasteiger partial charge in [0, 0.05) is 47.3 Å². The zero-order chi connectivity index (χ0) is 30.3. The molecule has 1 amide bonds. The van der Waals surface area contributed by atoms with Crippen molar-refractivity contribution >= 4 is 17.7 Å². The van der Waals surface area contributed by atoms with Crippen molar-refractivity contribution in [3.8, 4) is 35.0 Å². The van der Waals surface area contributed by atoms with Crippen molar-refractivity contribution in [2.24, 2.45) is 0 Å². The molecule has 2 aromatic carbocycles. The van der Waals surface area contributed by atoms with E-state index in [-0.39, 0.29) is 17.7 Å². The van der Waals surface area contributed by atoms with Gasteiger partial charge in [-0.05, 0) is 48.0 Å². The van der Waals surface area contributed by atoms with Crippen molar-refractivity contribution in [2.45, 2.75) is 12.5 Å². The van der Waals surface area contributed by atoms with E-state index in [0.29, 0.717) is 57.1 Å². The van der Waals surface area contributed by atoms with Gasteiger partial charge in [-0.2, -0.15) is 4.98 Å². The Balaban J connectivity index is 1.58. The zero-order valence-electron chi connectivity index (χ0n) is 23.6. The van der Waals surface area contributed by atoms with Gasteiger partial charge in [-0.15, -0.1) is 6.42 Å². The number of carbonyl (C=O) groups is 1. The number of aromatic nitrogens is 4. The lowest BCUT2D eigenvalue weighted by Gasteiger charge is -2.20. The summed E-state index contributed by atoms with van der Waals surface area (Å²) in [6, 6.07) is 19.4. The smallest absolute Gasteiger partial charge is 0.253 e. The van der Waals surface area contributed by atoms with E-state index in [9.17, 15) is 4.79 Å². The molecule has 0 saturated carbocycles. The van der Waals surface area contributed by atoms with Crippen LogP contribution in [-0.2, 0) is 6.42 Å². The summed E-state index contributed by atoms with van der Waals surface area (Å²) < 4.78 is 11.4. The number of rotatable bonds is 9. The van der Waals surface area contributed by atoms with Gasteiger partial charge in [0.15, 0.2) is 11.5 Å². The van der Waals surface area contributed by atoms with E-state index < -0.39 is 6.04 Å². The number of hydrogen-bond acceptors (Lipinski definition) is 9. The van der Waals surface area contributed by atoms with E-state index in [2.05, 4.69) is 31.2 Å². The molecule has 5 N–H and O–H groups in total. The van der Waals surface area contributed by atoms with Gasteiger partial charge in [-0.1, -0.05) is 30.2 Å². The molecule has 5 aromatic rings. The van der Waals surface area contributed by atoms with Gasteiger partial charge in [-0.25, -0.2) is 4.98 Å². The number of pyridine rings is 2. The number of nitrogens with zero attached hydrogens (tertiary/aromatic N) is 4. The van der Waals surface area contributed by atoms with Crippen molar-refractivity contribution in [3.63, 3.8) is 0 Å². The summed E-state index contributed by atoms with van der Waals surface area (Å²) in [6.45, 7) is 0. The first-order chi connectivity index (χ1) is 20.9. The maximum Gasteiger partial charge on any atom is 0.253 e. The Morgan fingerprint density at radius 2 is 1.65 bits per heavy atom. The van der Waals surface area contributed by atoms with E-state index >= 15 is 0 Å². The van der Waals surface area contributed by atoms with Crippen LogP contribution in [0.15, 0.2) is 85.3 Å². The standard InChI is InChI=1S/C33H29N7O3/c1-4-22-23(25-17-20(18-28(42-2)30(25)43-3)16-21-19-38-33(35)40-31(21)34)10-9-11-24(22)32(41)39-29(26-12-5-7-14-36-26)27-13-6-8-15-37-27/h1,5-15,17-19,29H,16H2,2-3H3,(H,39,41)(H4,34,35,38,40). The largest absolute Gasteiger partial charge is 0.493 e. The lowest BCUT2D eigenvalue weighted by atomic mass is 9.92. The van der Waals surface area contributed by atoms with Gasteiger partial charge in [0.1, 0.15) is 11.9 Å². The van der Waals surface area contributed by atoms with Crippen LogP contribution in [0.4, 0.5) is 11.8 Å². The fraction of sp³-hybridized carbons (Fsp3) is 0.121. The van der Waals surface area contributed by atoms with Crippen LogP contribution < -0.4 is 26.3 Å². The average molecular weight is 572 g/mol. The highest BCUT2D eigenvalue weighted by Crippen LogP contribution is 2.41. The summed E-state index contributed by atoms with van der Waals surface area (Å²) in [7, 11) is 3.09. The van der Waals surface area contributed by atoms with Crippen LogP contribution in [0.5, 0.6) is 11.5 Å². The van der Waals surface area contributed by atoms with E-state index in [1.807, 2.05) is 54.6 Å². The van der Waals surface area contributed by atoms with Gasteiger partial charge in [0.2, 0.25) is 5.95 Å². The highest BCUT2D eigenvalue weighted by atomic mass is 16.5. The molecule has 10 nitrogen and oxygen atoms in total. The normalized spacial score (nSPS) is 10.7. The van der Waals surface area contributed by atoms with Gasteiger partial charge in [-0.3, -0.25) is 14.8 Å². The minimum Gasteiger partial charge on any atom is -0.493 e. The van der Waals surface area contributed by atoms with Gasteiger partial charge in [0.25, 0.3) is 5.91 Å². The van der Waals surface area contributed by atoms with Crippen molar-refractivity contribution in [1.82, 2.24) is 25.3 Å². The Labute approximate surface area is 249 Å². The molecule has 3 aromatic heterocycles. The van der Waals surface area contributed by atoms with Gasteiger partial charge >= 0.3 is 0 Å². The first-order valence-electron chi connectivity index (χ1n) is 13.3. The highest BCUT2D eigenvalue weighted by molar-refractivity contribution is 6.00. The molecule has 0 unspecified atom stereocenters. The first kappa shape index (κ1) is 28.6. The molecule has 0 aliphatic heterocycles. The average Bonchev–Trinajstić information content (AvgIpc) is 3.04. The molecule has 0 atom stereocenters. The fourth-order valence-corrected chi connectivity index (χ4v) is 4.84. The molecule has 0 bridgehead atoms. The quantitative estimate of drug-likeness (QED) is 0.221. The summed E-state index contributed by atoms with van der Waals surface area (Å²) >= 11 is 0. The Hall–Kier alpha value is -5.95. The Morgan fingerprint density at radius 1 is 0.930 bits per heavy atom. The number of amides is 1. The van der Waals surface area contributed by atoms with Crippen molar-refractivity contribution < 1.29 is 14.3 Å². The van der Waals surface area contributed by atoms with E-state index in [4.69, 9.17) is 27.4 Å². The van der Waals surface area contributed by atoms with Gasteiger partial charge in [0.05, 0.1) is 31.2 Å². The third-order valence-electron chi connectivity index (χ3n) is 6.84. The molecule has 0 aliphatic carbocycles. The minimum absolute atomic E-state index is 0.0938. The monoisotopic (exact) mass is 571 g/mol. The summed E-state index contributed by atoms with van der Waals surface area (Å²) in [5.74, 6) is 3.66. The molecular weight excluding hydrogens is 542 g/mol. The number of benzene rings is 2. The summed E-state index contributed by atoms with van der Waals surface area (Å²) in [5.41, 5.74) is 16.5. The predicted molar refractivity (Wildman–Crippen MR) is 164 cm³/mol. The van der Waals surface area contributed by atoms with Crippen molar-refractivity contribution in [3.05, 3.63) is 119 Å². The maximum atomic E-state index is 13.9. The predicted octanol–water partition coefficient (Wildman–Crippen LogP) is 4.21. The Kier molecular flexibility index (Phi) is 8.44. The summed E-state index contributed by atoms with van der Waals surface area (Å²) in [6.07, 6.45) is 11.4. The summed E-state index contributed by atoms with van der Waals surface area (Å²) in [5, 5.41) is 3.07. The molecule has 5 rings (SSSR count). The molecule has 0 saturated heterocycles. The molecule has 0 aliphatic rings. The molecular formula is C33H29N7O3. The second-order valence-electron chi connectivity index (χ2n) is 9.48. The van der Waals surface area contributed by atoms with E-state index in [1.165, 1.54) is 0 Å². The second-order valence-corrected chi connectivity index (χ2v) is 9.48. The minimum atomic E-state index is -0.602. The lowest BCUT2D eigenvalue weighted by Crippen LogP contribution is -2.31. The maximum absolute atomic E-state index is 13.9. The van der Waals surface area contributed by atoms with Crippen LogP contribution >= 0.6 is 0 Å². The second kappa shape index (κ2) is 12.7. The number of hydrogen-bond donors (Lipinski definition) is 3. The Bertz CT molecular complexity index is 1770. The number of nitrogens with two attached hydrogens (primary N) is 2. The number of terminal acetylenes is 1. The van der Waals surface area contributed by atoms with Crippen molar-refractivity contribution in [2.75, 3.05) is 25.7 Å². The highest BCUT2D eigenvalue weighted by Gasteiger charge is 2.24. The van der Waals surface area contributed by atoms with Crippen molar-refractivity contribution in [1.29, 1.82) is 0 Å². The third kappa shape index (κ3) is 6.06. The number of ether oxygens (including phenoxy) is 2. The summed E-state index contributed by atoms with van der Waals surface area (Å²) in [4.78, 5) is 30.9. The first-order valence-corrected chi connectivity index (χ1v) is 13.3. The van der Waals surface area contributed by atoms with Crippen LogP contribution in [0.25, 0.3) is 11.1 Å². The van der Waals surface area contributed by atoms with Gasteiger partial charge < -0.3 is 26.3 Å². The zero-order valence-corrected chi connectivity index (χ0v) is 23.6. The molecule has 0 spiro atoms. The number of nitrogens with one attached hydrogen (secondary N) is 1. The van der Waals surface area contributed by atoms with E-state index in [1.54, 1.807) is 44.9 Å². The number of carbonyl (C=O) groups excluding carboxylic acids is 1.